The van der Waals surface area contributed by atoms with Crippen molar-refractivity contribution in [2.24, 2.45) is 17.8 Å². The van der Waals surface area contributed by atoms with Gasteiger partial charge in [-0.3, -0.25) is 9.69 Å². The standard InChI is InChI=1S/C16H16N2OS/c1-18(15(19)12-9-10-6-7-11(12)8-10)16-17-13-4-2-3-5-14(13)20-16/h2-7,10-12H,8-9H2,1H3/t10-,11-,12+/m0/s1. The van der Waals surface area contributed by atoms with Crippen LogP contribution < -0.4 is 4.90 Å². The van der Waals surface area contributed by atoms with E-state index in [1.807, 2.05) is 25.2 Å². The molecule has 102 valence electrons. The lowest BCUT2D eigenvalue weighted by molar-refractivity contribution is -0.122. The number of hydrogen-bond acceptors (Lipinski definition) is 3. The number of para-hydroxylation sites is 1. The second-order valence-electron chi connectivity index (χ2n) is 5.75. The molecule has 2 aliphatic rings. The first-order chi connectivity index (χ1) is 9.72. The lowest BCUT2D eigenvalue weighted by Crippen LogP contribution is -2.34. The summed E-state index contributed by atoms with van der Waals surface area (Å²) in [7, 11) is 1.86. The smallest absolute Gasteiger partial charge is 0.232 e. The van der Waals surface area contributed by atoms with E-state index in [0.29, 0.717) is 11.8 Å². The lowest BCUT2D eigenvalue weighted by atomic mass is 9.92. The average molecular weight is 284 g/mol. The minimum Gasteiger partial charge on any atom is -0.291 e. The van der Waals surface area contributed by atoms with Crippen molar-refractivity contribution < 1.29 is 4.79 Å². The van der Waals surface area contributed by atoms with Gasteiger partial charge >= 0.3 is 0 Å². The summed E-state index contributed by atoms with van der Waals surface area (Å²) < 4.78 is 1.13. The van der Waals surface area contributed by atoms with Gasteiger partial charge in [-0.25, -0.2) is 4.98 Å². The van der Waals surface area contributed by atoms with Gasteiger partial charge in [0.1, 0.15) is 0 Å². The van der Waals surface area contributed by atoms with Gasteiger partial charge in [-0.1, -0.05) is 35.6 Å². The van der Waals surface area contributed by atoms with Crippen LogP contribution in [0.15, 0.2) is 36.4 Å². The lowest BCUT2D eigenvalue weighted by Gasteiger charge is -2.22. The fraction of sp³-hybridized carbons (Fsp3) is 0.375. The van der Waals surface area contributed by atoms with Crippen molar-refractivity contribution in [1.29, 1.82) is 0 Å². The van der Waals surface area contributed by atoms with Gasteiger partial charge in [0.15, 0.2) is 5.13 Å². The first-order valence-corrected chi connectivity index (χ1v) is 7.85. The highest BCUT2D eigenvalue weighted by molar-refractivity contribution is 7.22. The van der Waals surface area contributed by atoms with E-state index < -0.39 is 0 Å². The van der Waals surface area contributed by atoms with Gasteiger partial charge in [0, 0.05) is 13.0 Å². The average Bonchev–Trinajstić information content (AvgIpc) is 3.19. The molecule has 0 saturated heterocycles. The highest BCUT2D eigenvalue weighted by Gasteiger charge is 2.41. The Labute approximate surface area is 121 Å². The van der Waals surface area contributed by atoms with Crippen LogP contribution in [0.3, 0.4) is 0 Å². The maximum atomic E-state index is 12.7. The number of nitrogens with zero attached hydrogens (tertiary/aromatic N) is 2. The van der Waals surface area contributed by atoms with Gasteiger partial charge in [0.25, 0.3) is 0 Å². The van der Waals surface area contributed by atoms with Gasteiger partial charge in [-0.2, -0.15) is 0 Å². The number of thiazole rings is 1. The van der Waals surface area contributed by atoms with Gasteiger partial charge in [-0.15, -0.1) is 0 Å². The van der Waals surface area contributed by atoms with Crippen LogP contribution >= 0.6 is 11.3 Å². The molecule has 3 nitrogen and oxygen atoms in total. The summed E-state index contributed by atoms with van der Waals surface area (Å²) in [5, 5.41) is 0.808. The van der Waals surface area contributed by atoms with E-state index >= 15 is 0 Å². The third-order valence-electron chi connectivity index (χ3n) is 4.50. The zero-order valence-corrected chi connectivity index (χ0v) is 12.1. The Kier molecular flexibility index (Phi) is 2.67. The molecule has 4 heteroatoms. The molecule has 2 bridgehead atoms. The third kappa shape index (κ3) is 1.79. The first kappa shape index (κ1) is 12.1. The number of amides is 1. The summed E-state index contributed by atoms with van der Waals surface area (Å²) in [5.41, 5.74) is 0.972. The molecule has 1 heterocycles. The molecule has 1 saturated carbocycles. The number of anilines is 1. The molecule has 0 radical (unpaired) electrons. The molecular weight excluding hydrogens is 268 g/mol. The molecule has 1 fully saturated rings. The molecule has 1 aromatic carbocycles. The van der Waals surface area contributed by atoms with Crippen LogP contribution in [-0.4, -0.2) is 17.9 Å². The molecule has 0 N–H and O–H groups in total. The maximum absolute atomic E-state index is 12.7. The van der Waals surface area contributed by atoms with Crippen molar-refractivity contribution >= 4 is 32.6 Å². The van der Waals surface area contributed by atoms with Crippen molar-refractivity contribution in [1.82, 2.24) is 4.98 Å². The van der Waals surface area contributed by atoms with Crippen molar-refractivity contribution in [2.75, 3.05) is 11.9 Å². The Morgan fingerprint density at radius 1 is 1.30 bits per heavy atom. The fourth-order valence-corrected chi connectivity index (χ4v) is 4.34. The summed E-state index contributed by atoms with van der Waals surface area (Å²) in [6.45, 7) is 0. The molecule has 0 unspecified atom stereocenters. The topological polar surface area (TPSA) is 33.2 Å². The van der Waals surface area contributed by atoms with E-state index in [-0.39, 0.29) is 11.8 Å². The predicted octanol–water partition coefficient (Wildman–Crippen LogP) is 3.47. The van der Waals surface area contributed by atoms with E-state index in [9.17, 15) is 4.79 Å². The maximum Gasteiger partial charge on any atom is 0.232 e. The van der Waals surface area contributed by atoms with Crippen LogP contribution in [-0.2, 0) is 4.79 Å². The van der Waals surface area contributed by atoms with Gasteiger partial charge in [0.05, 0.1) is 10.2 Å². The van der Waals surface area contributed by atoms with Gasteiger partial charge < -0.3 is 0 Å². The summed E-state index contributed by atoms with van der Waals surface area (Å²) in [4.78, 5) is 19.0. The van der Waals surface area contributed by atoms with Crippen LogP contribution in [0.1, 0.15) is 12.8 Å². The second kappa shape index (κ2) is 4.42. The number of carbonyl (C=O) groups is 1. The Hall–Kier alpha value is -1.68. The number of rotatable bonds is 2. The van der Waals surface area contributed by atoms with E-state index in [2.05, 4.69) is 23.2 Å². The minimum atomic E-state index is 0.155. The molecule has 1 aromatic heterocycles. The Morgan fingerprint density at radius 3 is 2.85 bits per heavy atom. The molecule has 3 atom stereocenters. The number of hydrogen-bond donors (Lipinski definition) is 0. The van der Waals surface area contributed by atoms with E-state index in [1.165, 1.54) is 0 Å². The number of carbonyl (C=O) groups excluding carboxylic acids is 1. The Bertz CT molecular complexity index is 672. The molecule has 2 aliphatic carbocycles. The molecule has 1 amide bonds. The van der Waals surface area contributed by atoms with Gasteiger partial charge in [-0.05, 0) is 36.8 Å². The predicted molar refractivity (Wildman–Crippen MR) is 81.9 cm³/mol. The molecule has 20 heavy (non-hydrogen) atoms. The molecule has 4 rings (SSSR count). The Morgan fingerprint density at radius 2 is 2.15 bits per heavy atom. The van der Waals surface area contributed by atoms with Crippen LogP contribution in [0.5, 0.6) is 0 Å². The first-order valence-electron chi connectivity index (χ1n) is 7.04. The number of aromatic nitrogens is 1. The summed E-state index contributed by atoms with van der Waals surface area (Å²) in [6.07, 6.45) is 6.66. The van der Waals surface area contributed by atoms with Gasteiger partial charge in [0.2, 0.25) is 5.91 Å². The summed E-state index contributed by atoms with van der Waals surface area (Å²) in [5.74, 6) is 1.45. The highest BCUT2D eigenvalue weighted by atomic mass is 32.1. The van der Waals surface area contributed by atoms with Crippen molar-refractivity contribution in [3.63, 3.8) is 0 Å². The van der Waals surface area contributed by atoms with Crippen molar-refractivity contribution in [3.8, 4) is 0 Å². The number of allylic oxidation sites excluding steroid dienone is 2. The zero-order chi connectivity index (χ0) is 13.7. The second-order valence-corrected chi connectivity index (χ2v) is 6.76. The van der Waals surface area contributed by atoms with Crippen LogP contribution in [0.25, 0.3) is 10.2 Å². The molecule has 0 aliphatic heterocycles. The van der Waals surface area contributed by atoms with E-state index in [4.69, 9.17) is 0 Å². The van der Waals surface area contributed by atoms with Crippen LogP contribution in [0, 0.1) is 17.8 Å². The quantitative estimate of drug-likeness (QED) is 0.791. The molecule has 2 aromatic rings. The summed E-state index contributed by atoms with van der Waals surface area (Å²) in [6, 6.07) is 8.03. The fourth-order valence-electron chi connectivity index (χ4n) is 3.41. The molecular formula is C16H16N2OS. The SMILES string of the molecule is CN(C(=O)[C@@H]1C[C@H]2C=C[C@H]1C2)c1nc2ccccc2s1. The number of fused-ring (bicyclic) bond motifs is 3. The summed E-state index contributed by atoms with van der Waals surface area (Å²) >= 11 is 1.59. The van der Waals surface area contributed by atoms with E-state index in [0.717, 1.165) is 28.2 Å². The largest absolute Gasteiger partial charge is 0.291 e. The van der Waals surface area contributed by atoms with Crippen LogP contribution in [0.2, 0.25) is 0 Å². The van der Waals surface area contributed by atoms with E-state index in [1.54, 1.807) is 16.2 Å². The van der Waals surface area contributed by atoms with Crippen LogP contribution in [0.4, 0.5) is 5.13 Å². The number of benzene rings is 1. The van der Waals surface area contributed by atoms with Crippen molar-refractivity contribution in [3.05, 3.63) is 36.4 Å². The highest BCUT2D eigenvalue weighted by Crippen LogP contribution is 2.44. The monoisotopic (exact) mass is 284 g/mol. The minimum absolute atomic E-state index is 0.155. The van der Waals surface area contributed by atoms with Crippen molar-refractivity contribution in [2.45, 2.75) is 12.8 Å². The third-order valence-corrected chi connectivity index (χ3v) is 5.61. The normalized spacial score (nSPS) is 27.4. The Balaban J connectivity index is 1.61. The zero-order valence-electron chi connectivity index (χ0n) is 11.3. The molecule has 0 spiro atoms.